The Morgan fingerprint density at radius 2 is 2.12 bits per heavy atom. The lowest BCUT2D eigenvalue weighted by atomic mass is 10.1. The van der Waals surface area contributed by atoms with Crippen LogP contribution in [0.1, 0.15) is 24.5 Å². The summed E-state index contributed by atoms with van der Waals surface area (Å²) in [6.45, 7) is 5.33. The first kappa shape index (κ1) is 17.6. The maximum Gasteiger partial charge on any atom is 0.247 e. The Morgan fingerprint density at radius 3 is 2.80 bits per heavy atom. The molecule has 1 aliphatic heterocycles. The highest BCUT2D eigenvalue weighted by molar-refractivity contribution is 7.91. The topological polar surface area (TPSA) is 88.1 Å². The van der Waals surface area contributed by atoms with Crippen molar-refractivity contribution in [1.29, 1.82) is 0 Å². The summed E-state index contributed by atoms with van der Waals surface area (Å²) in [5, 5.41) is 11.4. The first-order chi connectivity index (χ1) is 12.0. The van der Waals surface area contributed by atoms with E-state index in [2.05, 4.69) is 39.6 Å². The molecule has 2 aromatic rings. The van der Waals surface area contributed by atoms with Crippen molar-refractivity contribution in [2.75, 3.05) is 28.3 Å². The quantitative estimate of drug-likeness (QED) is 0.839. The predicted octanol–water partition coefficient (Wildman–Crippen LogP) is 1.81. The molecule has 0 spiro atoms. The molecule has 8 heteroatoms. The molecule has 134 valence electrons. The second-order valence-corrected chi connectivity index (χ2v) is 8.49. The highest BCUT2D eigenvalue weighted by Crippen LogP contribution is 2.22. The number of aromatic nitrogens is 3. The number of hydrogen-bond acceptors (Lipinski definition) is 7. The van der Waals surface area contributed by atoms with E-state index in [1.54, 1.807) is 6.20 Å². The number of aryl methyl sites for hydroxylation is 1. The fraction of sp³-hybridized carbons (Fsp3) is 0.471. The Kier molecular flexibility index (Phi) is 5.17. The predicted molar refractivity (Wildman–Crippen MR) is 98.4 cm³/mol. The second kappa shape index (κ2) is 7.35. The van der Waals surface area contributed by atoms with Gasteiger partial charge in [0.25, 0.3) is 0 Å². The van der Waals surface area contributed by atoms with Crippen molar-refractivity contribution in [2.24, 2.45) is 0 Å². The first-order valence-electron chi connectivity index (χ1n) is 8.43. The zero-order valence-corrected chi connectivity index (χ0v) is 15.3. The van der Waals surface area contributed by atoms with Gasteiger partial charge in [0, 0.05) is 19.1 Å². The third kappa shape index (κ3) is 4.25. The van der Waals surface area contributed by atoms with Gasteiger partial charge in [0.1, 0.15) is 0 Å². The molecule has 0 bridgehead atoms. The molecule has 0 saturated carbocycles. The minimum absolute atomic E-state index is 0.0802. The Hall–Kier alpha value is -2.22. The van der Waals surface area contributed by atoms with Gasteiger partial charge in [-0.1, -0.05) is 24.3 Å². The van der Waals surface area contributed by atoms with E-state index in [-0.39, 0.29) is 17.5 Å². The van der Waals surface area contributed by atoms with Gasteiger partial charge in [-0.25, -0.2) is 8.42 Å². The second-order valence-electron chi connectivity index (χ2n) is 6.26. The Balaban J connectivity index is 1.73. The number of nitrogens with zero attached hydrogens (tertiary/aromatic N) is 4. The van der Waals surface area contributed by atoms with Crippen molar-refractivity contribution in [3.05, 3.63) is 41.6 Å². The van der Waals surface area contributed by atoms with Crippen LogP contribution in [-0.2, 0) is 16.4 Å². The molecular weight excluding hydrogens is 338 g/mol. The summed E-state index contributed by atoms with van der Waals surface area (Å²) in [6, 6.07) is 8.08. The summed E-state index contributed by atoms with van der Waals surface area (Å²) < 4.78 is 23.5. The average molecular weight is 361 g/mol. The van der Waals surface area contributed by atoms with Crippen LogP contribution in [0.2, 0.25) is 0 Å². The summed E-state index contributed by atoms with van der Waals surface area (Å²) in [5.74, 6) is 1.49. The van der Waals surface area contributed by atoms with Gasteiger partial charge in [-0.2, -0.15) is 10.1 Å². The molecule has 1 aromatic heterocycles. The van der Waals surface area contributed by atoms with Gasteiger partial charge in [-0.05, 0) is 31.4 Å². The zero-order chi connectivity index (χ0) is 17.9. The molecule has 1 saturated heterocycles. The number of benzene rings is 1. The van der Waals surface area contributed by atoms with Crippen molar-refractivity contribution in [2.45, 2.75) is 32.9 Å². The maximum absolute atomic E-state index is 11.8. The van der Waals surface area contributed by atoms with Crippen LogP contribution in [0.3, 0.4) is 0 Å². The molecule has 2 heterocycles. The summed E-state index contributed by atoms with van der Waals surface area (Å²) in [4.78, 5) is 6.45. The highest BCUT2D eigenvalue weighted by Gasteiger charge is 2.33. The van der Waals surface area contributed by atoms with E-state index in [0.717, 1.165) is 0 Å². The van der Waals surface area contributed by atoms with Crippen LogP contribution < -0.4 is 10.2 Å². The monoisotopic (exact) mass is 361 g/mol. The molecule has 1 aromatic carbocycles. The van der Waals surface area contributed by atoms with Crippen molar-refractivity contribution in [1.82, 2.24) is 15.2 Å². The van der Waals surface area contributed by atoms with Gasteiger partial charge < -0.3 is 10.2 Å². The number of sulfone groups is 1. The van der Waals surface area contributed by atoms with Gasteiger partial charge in [-0.15, -0.1) is 5.10 Å². The fourth-order valence-corrected chi connectivity index (χ4v) is 4.81. The third-order valence-electron chi connectivity index (χ3n) is 4.52. The average Bonchev–Trinajstić information content (AvgIpc) is 2.95. The Morgan fingerprint density at radius 1 is 1.32 bits per heavy atom. The van der Waals surface area contributed by atoms with E-state index >= 15 is 0 Å². The van der Waals surface area contributed by atoms with Gasteiger partial charge >= 0.3 is 0 Å². The molecule has 1 aliphatic rings. The summed E-state index contributed by atoms with van der Waals surface area (Å²) >= 11 is 0. The van der Waals surface area contributed by atoms with E-state index in [4.69, 9.17) is 0 Å². The first-order valence-corrected chi connectivity index (χ1v) is 10.3. The van der Waals surface area contributed by atoms with Crippen molar-refractivity contribution < 1.29 is 8.42 Å². The smallest absolute Gasteiger partial charge is 0.247 e. The molecule has 0 radical (unpaired) electrons. The van der Waals surface area contributed by atoms with E-state index in [1.165, 1.54) is 11.1 Å². The minimum Gasteiger partial charge on any atom is -0.365 e. The number of nitrogens with one attached hydrogen (secondary N) is 1. The van der Waals surface area contributed by atoms with Crippen molar-refractivity contribution >= 4 is 21.6 Å². The molecule has 1 fully saturated rings. The molecule has 1 N–H and O–H groups in total. The molecule has 25 heavy (non-hydrogen) atoms. The number of anilines is 2. The molecular formula is C17H23N5O2S. The molecule has 3 rings (SSSR count). The van der Waals surface area contributed by atoms with Crippen LogP contribution in [0.15, 0.2) is 30.5 Å². The van der Waals surface area contributed by atoms with Crippen LogP contribution >= 0.6 is 0 Å². The zero-order valence-electron chi connectivity index (χ0n) is 14.5. The lowest BCUT2D eigenvalue weighted by molar-refractivity contribution is 0.598. The van der Waals surface area contributed by atoms with Crippen LogP contribution in [0, 0.1) is 6.92 Å². The van der Waals surface area contributed by atoms with Crippen molar-refractivity contribution in [3.63, 3.8) is 0 Å². The fourth-order valence-electron chi connectivity index (χ4n) is 3.08. The van der Waals surface area contributed by atoms with E-state index in [0.29, 0.717) is 31.3 Å². The standard InChI is InChI=1S/C17H23N5O2S/c1-3-22(15-8-9-25(23,24)12-15)17-20-16(11-19-21-17)18-10-14-7-5-4-6-13(14)2/h4-7,11,15H,3,8-10,12H2,1-2H3,(H,18,20,21). The molecule has 1 unspecified atom stereocenters. The molecule has 0 amide bonds. The van der Waals surface area contributed by atoms with Gasteiger partial charge in [0.15, 0.2) is 15.7 Å². The van der Waals surface area contributed by atoms with E-state index in [9.17, 15) is 8.42 Å². The number of hydrogen-bond donors (Lipinski definition) is 1. The molecule has 0 aliphatic carbocycles. The van der Waals surface area contributed by atoms with Crippen LogP contribution in [0.25, 0.3) is 0 Å². The minimum atomic E-state index is -2.95. The maximum atomic E-state index is 11.8. The highest BCUT2D eigenvalue weighted by atomic mass is 32.2. The van der Waals surface area contributed by atoms with E-state index < -0.39 is 9.84 Å². The molecule has 7 nitrogen and oxygen atoms in total. The normalized spacial score (nSPS) is 18.9. The molecule has 1 atom stereocenters. The summed E-state index contributed by atoms with van der Waals surface area (Å²) in [7, 11) is -2.95. The number of rotatable bonds is 6. The van der Waals surface area contributed by atoms with E-state index in [1.807, 2.05) is 24.0 Å². The van der Waals surface area contributed by atoms with Gasteiger partial charge in [-0.3, -0.25) is 0 Å². The SMILES string of the molecule is CCN(c1nncc(NCc2ccccc2C)n1)C1CCS(=O)(=O)C1. The summed E-state index contributed by atoms with van der Waals surface area (Å²) in [5.41, 5.74) is 2.40. The summed E-state index contributed by atoms with van der Waals surface area (Å²) in [6.07, 6.45) is 2.20. The Bertz CT molecular complexity index is 840. The largest absolute Gasteiger partial charge is 0.365 e. The lowest BCUT2D eigenvalue weighted by Gasteiger charge is -2.26. The third-order valence-corrected chi connectivity index (χ3v) is 6.27. The van der Waals surface area contributed by atoms with Crippen LogP contribution in [0.4, 0.5) is 11.8 Å². The van der Waals surface area contributed by atoms with Gasteiger partial charge in [0.2, 0.25) is 5.95 Å². The van der Waals surface area contributed by atoms with Crippen LogP contribution in [-0.4, -0.2) is 47.7 Å². The van der Waals surface area contributed by atoms with Crippen LogP contribution in [0.5, 0.6) is 0 Å². The Labute approximate surface area is 148 Å². The van der Waals surface area contributed by atoms with Crippen molar-refractivity contribution in [3.8, 4) is 0 Å². The van der Waals surface area contributed by atoms with Gasteiger partial charge in [0.05, 0.1) is 17.7 Å². The lowest BCUT2D eigenvalue weighted by Crippen LogP contribution is -2.37.